The first-order chi connectivity index (χ1) is 15.6. The summed E-state index contributed by atoms with van der Waals surface area (Å²) in [6, 6.07) is 10.2. The molecule has 2 aliphatic heterocycles. The summed E-state index contributed by atoms with van der Waals surface area (Å²) >= 11 is 0. The molecule has 2 saturated heterocycles. The zero-order chi connectivity index (χ0) is 22.1. The molecule has 7 nitrogen and oxygen atoms in total. The van der Waals surface area contributed by atoms with E-state index in [4.69, 9.17) is 8.83 Å². The first-order valence-corrected chi connectivity index (χ1v) is 11.9. The third-order valence-corrected chi connectivity index (χ3v) is 6.81. The van der Waals surface area contributed by atoms with Crippen LogP contribution in [0.15, 0.2) is 39.2 Å². The van der Waals surface area contributed by atoms with Crippen LogP contribution in [0.25, 0.3) is 11.0 Å². The van der Waals surface area contributed by atoms with Crippen molar-refractivity contribution < 1.29 is 13.6 Å². The van der Waals surface area contributed by atoms with Gasteiger partial charge in [0.05, 0.1) is 6.54 Å². The van der Waals surface area contributed by atoms with Crippen LogP contribution in [-0.2, 0) is 11.3 Å². The summed E-state index contributed by atoms with van der Waals surface area (Å²) in [6.07, 6.45) is 5.00. The fourth-order valence-corrected chi connectivity index (χ4v) is 5.00. The minimum atomic E-state index is -0.0759. The van der Waals surface area contributed by atoms with Crippen LogP contribution in [0.1, 0.15) is 75.5 Å². The van der Waals surface area contributed by atoms with Crippen molar-refractivity contribution in [1.82, 2.24) is 20.0 Å². The number of aromatic nitrogens is 2. The van der Waals surface area contributed by atoms with Crippen molar-refractivity contribution in [2.45, 2.75) is 64.5 Å². The van der Waals surface area contributed by atoms with Gasteiger partial charge in [0.25, 0.3) is 0 Å². The van der Waals surface area contributed by atoms with E-state index in [0.29, 0.717) is 5.89 Å². The van der Waals surface area contributed by atoms with Gasteiger partial charge in [0.2, 0.25) is 17.7 Å². The van der Waals surface area contributed by atoms with Crippen molar-refractivity contribution in [3.05, 3.63) is 47.9 Å². The molecule has 0 unspecified atom stereocenters. The Morgan fingerprint density at radius 3 is 2.59 bits per heavy atom. The fourth-order valence-electron chi connectivity index (χ4n) is 5.00. The molecule has 5 rings (SSSR count). The van der Waals surface area contributed by atoms with Gasteiger partial charge in [0, 0.05) is 23.8 Å². The average molecular weight is 437 g/mol. The van der Waals surface area contributed by atoms with E-state index in [1.807, 2.05) is 36.9 Å². The molecule has 0 radical (unpaired) electrons. The first kappa shape index (κ1) is 21.2. The van der Waals surface area contributed by atoms with Crippen LogP contribution in [0.4, 0.5) is 0 Å². The maximum Gasteiger partial charge on any atom is 0.238 e. The molecule has 1 atom stereocenters. The van der Waals surface area contributed by atoms with Gasteiger partial charge < -0.3 is 13.7 Å². The Balaban J connectivity index is 1.20. The maximum absolute atomic E-state index is 12.7. The number of benzene rings is 1. The zero-order valence-corrected chi connectivity index (χ0v) is 19.0. The van der Waals surface area contributed by atoms with Crippen LogP contribution in [-0.4, -0.2) is 45.5 Å². The van der Waals surface area contributed by atoms with Gasteiger partial charge in [0.15, 0.2) is 0 Å². The lowest BCUT2D eigenvalue weighted by Gasteiger charge is -2.34. The molecular weight excluding hydrogens is 404 g/mol. The van der Waals surface area contributed by atoms with Gasteiger partial charge in [-0.05, 0) is 57.3 Å². The summed E-state index contributed by atoms with van der Waals surface area (Å²) in [5.74, 6) is 2.78. The third kappa shape index (κ3) is 4.31. The number of carbonyl (C=O) groups is 1. The summed E-state index contributed by atoms with van der Waals surface area (Å²) in [7, 11) is 0. The largest absolute Gasteiger partial charge is 0.460 e. The summed E-state index contributed by atoms with van der Waals surface area (Å²) in [4.78, 5) is 17.0. The molecule has 2 aliphatic rings. The van der Waals surface area contributed by atoms with Crippen molar-refractivity contribution in [3.63, 3.8) is 0 Å². The van der Waals surface area contributed by atoms with E-state index in [2.05, 4.69) is 27.2 Å². The van der Waals surface area contributed by atoms with Crippen molar-refractivity contribution in [1.29, 1.82) is 0 Å². The Kier molecular flexibility index (Phi) is 6.00. The second kappa shape index (κ2) is 9.06. The molecule has 0 saturated carbocycles. The summed E-state index contributed by atoms with van der Waals surface area (Å²) in [5.41, 5.74) is 0.948. The number of likely N-dealkylation sites (tertiary alicyclic amines) is 2. The second-order valence-corrected chi connectivity index (χ2v) is 9.48. The highest BCUT2D eigenvalue weighted by molar-refractivity contribution is 5.78. The predicted octanol–water partition coefficient (Wildman–Crippen LogP) is 4.91. The Labute approximate surface area is 188 Å². The first-order valence-electron chi connectivity index (χ1n) is 11.9. The van der Waals surface area contributed by atoms with Gasteiger partial charge in [-0.3, -0.25) is 9.69 Å². The molecule has 1 amide bonds. The van der Waals surface area contributed by atoms with E-state index in [9.17, 15) is 4.79 Å². The normalized spacial score (nSPS) is 21.0. The van der Waals surface area contributed by atoms with Gasteiger partial charge >= 0.3 is 0 Å². The van der Waals surface area contributed by atoms with Crippen LogP contribution in [0, 0.1) is 5.92 Å². The number of carbonyl (C=O) groups excluding carboxylic acids is 1. The Morgan fingerprint density at radius 2 is 1.81 bits per heavy atom. The summed E-state index contributed by atoms with van der Waals surface area (Å²) < 4.78 is 12.1. The number of fused-ring (bicyclic) bond motifs is 1. The van der Waals surface area contributed by atoms with Gasteiger partial charge in [-0.15, -0.1) is 10.2 Å². The highest BCUT2D eigenvalue weighted by Gasteiger charge is 2.34. The minimum Gasteiger partial charge on any atom is -0.460 e. The molecule has 7 heteroatoms. The van der Waals surface area contributed by atoms with E-state index in [1.54, 1.807) is 0 Å². The van der Waals surface area contributed by atoms with Crippen LogP contribution in [0.5, 0.6) is 0 Å². The van der Waals surface area contributed by atoms with Crippen molar-refractivity contribution >= 4 is 16.9 Å². The van der Waals surface area contributed by atoms with E-state index in [-0.39, 0.29) is 23.8 Å². The van der Waals surface area contributed by atoms with Crippen LogP contribution >= 0.6 is 0 Å². The van der Waals surface area contributed by atoms with Crippen LogP contribution in [0.2, 0.25) is 0 Å². The number of rotatable bonds is 5. The lowest BCUT2D eigenvalue weighted by atomic mass is 9.96. The molecule has 170 valence electrons. The van der Waals surface area contributed by atoms with Gasteiger partial charge in [-0.1, -0.05) is 32.0 Å². The number of hydrogen-bond donors (Lipinski definition) is 0. The standard InChI is InChI=1S/C25H32N4O3/c1-17(2)25(30)29-12-6-5-8-21(29)24-27-26-23(32-24)18-10-13-28(14-11-18)16-20-15-19-7-3-4-9-22(19)31-20/h3-4,7,9,15,17-18,21H,5-6,8,10-14,16H2,1-2H3/t21-/m0/s1. The minimum absolute atomic E-state index is 0.0194. The van der Waals surface area contributed by atoms with E-state index in [0.717, 1.165) is 80.9 Å². The predicted molar refractivity (Wildman–Crippen MR) is 121 cm³/mol. The molecule has 3 aromatic rings. The van der Waals surface area contributed by atoms with Crippen molar-refractivity contribution in [2.24, 2.45) is 5.92 Å². The quantitative estimate of drug-likeness (QED) is 0.566. The van der Waals surface area contributed by atoms with Crippen molar-refractivity contribution in [2.75, 3.05) is 19.6 Å². The number of nitrogens with zero attached hydrogens (tertiary/aromatic N) is 4. The third-order valence-electron chi connectivity index (χ3n) is 6.81. The summed E-state index contributed by atoms with van der Waals surface area (Å²) in [6.45, 7) is 7.45. The lowest BCUT2D eigenvalue weighted by Crippen LogP contribution is -2.40. The molecule has 4 heterocycles. The molecule has 0 bridgehead atoms. The molecule has 1 aromatic carbocycles. The highest BCUT2D eigenvalue weighted by Crippen LogP contribution is 2.34. The number of hydrogen-bond acceptors (Lipinski definition) is 6. The van der Waals surface area contributed by atoms with Gasteiger partial charge in [0.1, 0.15) is 17.4 Å². The van der Waals surface area contributed by atoms with E-state index < -0.39 is 0 Å². The lowest BCUT2D eigenvalue weighted by molar-refractivity contribution is -0.139. The number of para-hydroxylation sites is 1. The Bertz CT molecular complexity index is 1030. The van der Waals surface area contributed by atoms with E-state index in [1.165, 1.54) is 0 Å². The molecule has 0 N–H and O–H groups in total. The van der Waals surface area contributed by atoms with Gasteiger partial charge in [-0.25, -0.2) is 0 Å². The topological polar surface area (TPSA) is 75.6 Å². The smallest absolute Gasteiger partial charge is 0.238 e. The van der Waals surface area contributed by atoms with Crippen LogP contribution in [0.3, 0.4) is 0 Å². The number of furan rings is 1. The molecule has 32 heavy (non-hydrogen) atoms. The maximum atomic E-state index is 12.7. The molecule has 2 fully saturated rings. The van der Waals surface area contributed by atoms with Crippen LogP contribution < -0.4 is 0 Å². The molecule has 0 spiro atoms. The highest BCUT2D eigenvalue weighted by atomic mass is 16.4. The average Bonchev–Trinajstić information content (AvgIpc) is 3.46. The van der Waals surface area contributed by atoms with Gasteiger partial charge in [-0.2, -0.15) is 0 Å². The van der Waals surface area contributed by atoms with Crippen molar-refractivity contribution in [3.8, 4) is 0 Å². The van der Waals surface area contributed by atoms with E-state index >= 15 is 0 Å². The monoisotopic (exact) mass is 436 g/mol. The summed E-state index contributed by atoms with van der Waals surface area (Å²) in [5, 5.41) is 9.93. The SMILES string of the molecule is CC(C)C(=O)N1CCCC[C@H]1c1nnc(C2CCN(Cc3cc4ccccc4o3)CC2)o1. The Hall–Kier alpha value is -2.67. The molecule has 0 aliphatic carbocycles. The number of amides is 1. The fraction of sp³-hybridized carbons (Fsp3) is 0.560. The number of piperidine rings is 2. The molecular formula is C25H32N4O3. The second-order valence-electron chi connectivity index (χ2n) is 9.48. The Morgan fingerprint density at radius 1 is 1.03 bits per heavy atom. The molecule has 2 aromatic heterocycles. The zero-order valence-electron chi connectivity index (χ0n) is 19.0.